The Bertz CT molecular complexity index is 1040. The number of aliphatic hydroxyl groups is 2. The second kappa shape index (κ2) is 9.80. The van der Waals surface area contributed by atoms with Gasteiger partial charge in [-0.25, -0.2) is 9.78 Å². The van der Waals surface area contributed by atoms with Crippen molar-refractivity contribution in [3.8, 4) is 17.0 Å². The van der Waals surface area contributed by atoms with E-state index >= 15 is 0 Å². The molecule has 0 fully saturated rings. The summed E-state index contributed by atoms with van der Waals surface area (Å²) in [6.07, 6.45) is -2.70. The molecule has 3 N–H and O–H groups in total. The third-order valence-corrected chi connectivity index (χ3v) is 5.67. The zero-order valence-electron chi connectivity index (χ0n) is 17.8. The first kappa shape index (κ1) is 21.8. The molecule has 3 aromatic rings. The van der Waals surface area contributed by atoms with Gasteiger partial charge in [0.15, 0.2) is 0 Å². The monoisotopic (exact) mass is 434 g/mol. The van der Waals surface area contributed by atoms with Crippen LogP contribution < -0.4 is 10.1 Å². The molecule has 166 valence electrons. The fraction of sp³-hybridized carbons (Fsp3) is 0.280. The zero-order valence-corrected chi connectivity index (χ0v) is 17.8. The van der Waals surface area contributed by atoms with Crippen LogP contribution >= 0.6 is 0 Å². The predicted octanol–water partition coefficient (Wildman–Crippen LogP) is 3.41. The summed E-state index contributed by atoms with van der Waals surface area (Å²) >= 11 is 0. The van der Waals surface area contributed by atoms with Crippen molar-refractivity contribution >= 4 is 6.09 Å². The first-order valence-corrected chi connectivity index (χ1v) is 10.5. The fourth-order valence-electron chi connectivity index (χ4n) is 4.04. The SMILES string of the molecule is COc1cccc(C(O)C(O)CCNC(=O)OCC2c3ccccc3-c3ccccc32)n1. The highest BCUT2D eigenvalue weighted by Crippen LogP contribution is 2.44. The maximum absolute atomic E-state index is 12.2. The maximum Gasteiger partial charge on any atom is 0.407 e. The number of carbonyl (C=O) groups excluding carboxylic acids is 1. The molecule has 7 heteroatoms. The van der Waals surface area contributed by atoms with Crippen molar-refractivity contribution < 1.29 is 24.5 Å². The van der Waals surface area contributed by atoms with E-state index in [0.717, 1.165) is 11.1 Å². The van der Waals surface area contributed by atoms with Crippen LogP contribution in [0, 0.1) is 0 Å². The molecule has 0 saturated carbocycles. The molecule has 1 heterocycles. The number of methoxy groups -OCH3 is 1. The highest BCUT2D eigenvalue weighted by atomic mass is 16.5. The van der Waals surface area contributed by atoms with Gasteiger partial charge in [0.05, 0.1) is 18.9 Å². The number of benzene rings is 2. The van der Waals surface area contributed by atoms with Gasteiger partial charge in [-0.1, -0.05) is 54.6 Å². The number of rotatable bonds is 8. The Balaban J connectivity index is 1.28. The quantitative estimate of drug-likeness (QED) is 0.502. The van der Waals surface area contributed by atoms with E-state index in [2.05, 4.69) is 34.6 Å². The highest BCUT2D eigenvalue weighted by molar-refractivity contribution is 5.79. The summed E-state index contributed by atoms with van der Waals surface area (Å²) in [6.45, 7) is 0.373. The van der Waals surface area contributed by atoms with Crippen molar-refractivity contribution in [3.05, 3.63) is 83.6 Å². The fourth-order valence-corrected chi connectivity index (χ4v) is 4.04. The number of nitrogens with zero attached hydrogens (tertiary/aromatic N) is 1. The van der Waals surface area contributed by atoms with Gasteiger partial charge < -0.3 is 25.0 Å². The molecule has 1 aliphatic rings. The number of aliphatic hydroxyl groups excluding tert-OH is 2. The summed E-state index contributed by atoms with van der Waals surface area (Å²) in [5.74, 6) is 0.338. The lowest BCUT2D eigenvalue weighted by molar-refractivity contribution is 0.0109. The number of nitrogens with one attached hydrogen (secondary N) is 1. The molecule has 2 atom stereocenters. The molecule has 0 spiro atoms. The predicted molar refractivity (Wildman–Crippen MR) is 119 cm³/mol. The van der Waals surface area contributed by atoms with Crippen LogP contribution in [0.2, 0.25) is 0 Å². The maximum atomic E-state index is 12.2. The first-order chi connectivity index (χ1) is 15.6. The molecule has 32 heavy (non-hydrogen) atoms. The summed E-state index contributed by atoms with van der Waals surface area (Å²) in [4.78, 5) is 16.3. The lowest BCUT2D eigenvalue weighted by Crippen LogP contribution is -2.30. The van der Waals surface area contributed by atoms with Gasteiger partial charge in [0.1, 0.15) is 12.7 Å². The van der Waals surface area contributed by atoms with Gasteiger partial charge in [-0.15, -0.1) is 0 Å². The zero-order chi connectivity index (χ0) is 22.5. The average Bonchev–Trinajstić information content (AvgIpc) is 3.16. The molecule has 4 rings (SSSR count). The lowest BCUT2D eigenvalue weighted by Gasteiger charge is -2.18. The molecule has 2 unspecified atom stereocenters. The van der Waals surface area contributed by atoms with E-state index in [9.17, 15) is 15.0 Å². The van der Waals surface area contributed by atoms with Gasteiger partial charge in [0.2, 0.25) is 5.88 Å². The summed E-state index contributed by atoms with van der Waals surface area (Å²) in [7, 11) is 1.48. The number of ether oxygens (including phenoxy) is 2. The van der Waals surface area contributed by atoms with Gasteiger partial charge in [0.25, 0.3) is 0 Å². The Labute approximate surface area is 186 Å². The molecule has 2 aromatic carbocycles. The summed E-state index contributed by atoms with van der Waals surface area (Å²) in [6, 6.07) is 21.2. The molecular weight excluding hydrogens is 408 g/mol. The van der Waals surface area contributed by atoms with Crippen LogP contribution in [0.5, 0.6) is 5.88 Å². The van der Waals surface area contributed by atoms with Crippen molar-refractivity contribution in [1.29, 1.82) is 0 Å². The van der Waals surface area contributed by atoms with Gasteiger partial charge in [-0.3, -0.25) is 0 Å². The van der Waals surface area contributed by atoms with Gasteiger partial charge in [-0.2, -0.15) is 0 Å². The van der Waals surface area contributed by atoms with Crippen molar-refractivity contribution in [2.45, 2.75) is 24.5 Å². The number of hydrogen-bond donors (Lipinski definition) is 3. The molecular formula is C25H26N2O5. The topological polar surface area (TPSA) is 101 Å². The van der Waals surface area contributed by atoms with E-state index in [4.69, 9.17) is 9.47 Å². The van der Waals surface area contributed by atoms with Crippen LogP contribution in [0.4, 0.5) is 4.79 Å². The molecule has 1 aliphatic carbocycles. The second-order valence-electron chi connectivity index (χ2n) is 7.66. The van der Waals surface area contributed by atoms with Crippen molar-refractivity contribution in [2.75, 3.05) is 20.3 Å². The van der Waals surface area contributed by atoms with Crippen LogP contribution in [0.1, 0.15) is 35.3 Å². The third kappa shape index (κ3) is 4.59. The van der Waals surface area contributed by atoms with Crippen molar-refractivity contribution in [3.63, 3.8) is 0 Å². The van der Waals surface area contributed by atoms with Crippen LogP contribution in [-0.2, 0) is 4.74 Å². The van der Waals surface area contributed by atoms with E-state index in [1.165, 1.54) is 18.2 Å². The number of aromatic nitrogens is 1. The van der Waals surface area contributed by atoms with Gasteiger partial charge >= 0.3 is 6.09 Å². The number of alkyl carbamates (subject to hydrolysis) is 1. The summed E-state index contributed by atoms with van der Waals surface area (Å²) < 4.78 is 10.5. The largest absolute Gasteiger partial charge is 0.481 e. The van der Waals surface area contributed by atoms with Gasteiger partial charge in [-0.05, 0) is 34.7 Å². The highest BCUT2D eigenvalue weighted by Gasteiger charge is 2.29. The smallest absolute Gasteiger partial charge is 0.407 e. The standard InChI is InChI=1S/C25H26N2O5/c1-31-23-12-6-11-21(27-23)24(29)22(28)13-14-26-25(30)32-15-20-18-9-4-2-7-16(18)17-8-3-5-10-19(17)20/h2-12,20,22,24,28-29H,13-15H2,1H3,(H,26,30). The van der Waals surface area contributed by atoms with E-state index in [1.807, 2.05) is 24.3 Å². The molecule has 0 bridgehead atoms. The van der Waals surface area contributed by atoms with Crippen LogP contribution in [-0.4, -0.2) is 47.7 Å². The van der Waals surface area contributed by atoms with E-state index in [0.29, 0.717) is 11.6 Å². The third-order valence-electron chi connectivity index (χ3n) is 5.67. The van der Waals surface area contributed by atoms with Crippen LogP contribution in [0.3, 0.4) is 0 Å². The molecule has 7 nitrogen and oxygen atoms in total. The van der Waals surface area contributed by atoms with Crippen LogP contribution in [0.15, 0.2) is 66.7 Å². The Kier molecular flexibility index (Phi) is 6.68. The normalized spacial score (nSPS) is 14.2. The Morgan fingerprint density at radius 1 is 1.00 bits per heavy atom. The second-order valence-corrected chi connectivity index (χ2v) is 7.66. The number of pyridine rings is 1. The van der Waals surface area contributed by atoms with Crippen molar-refractivity contribution in [1.82, 2.24) is 10.3 Å². The summed E-state index contributed by atoms with van der Waals surface area (Å²) in [5.41, 5.74) is 4.93. The van der Waals surface area contributed by atoms with Crippen molar-refractivity contribution in [2.24, 2.45) is 0 Å². The number of hydrogen-bond acceptors (Lipinski definition) is 6. The minimum atomic E-state index is -1.19. The molecule has 1 amide bonds. The number of amides is 1. The molecule has 0 radical (unpaired) electrons. The van der Waals surface area contributed by atoms with Gasteiger partial charge in [0, 0.05) is 18.5 Å². The van der Waals surface area contributed by atoms with E-state index < -0.39 is 18.3 Å². The van der Waals surface area contributed by atoms with Crippen LogP contribution in [0.25, 0.3) is 11.1 Å². The van der Waals surface area contributed by atoms with E-state index in [-0.39, 0.29) is 25.5 Å². The lowest BCUT2D eigenvalue weighted by atomic mass is 9.98. The minimum absolute atomic E-state index is 0.0142. The molecule has 0 saturated heterocycles. The Hall–Kier alpha value is -3.42. The molecule has 1 aromatic heterocycles. The van der Waals surface area contributed by atoms with E-state index in [1.54, 1.807) is 18.2 Å². The number of fused-ring (bicyclic) bond motifs is 3. The Morgan fingerprint density at radius 2 is 1.66 bits per heavy atom. The Morgan fingerprint density at radius 3 is 2.31 bits per heavy atom. The summed E-state index contributed by atoms with van der Waals surface area (Å²) in [5, 5.41) is 23.2. The number of carbonyl (C=O) groups is 1. The average molecular weight is 434 g/mol. The molecule has 0 aliphatic heterocycles. The minimum Gasteiger partial charge on any atom is -0.481 e. The first-order valence-electron chi connectivity index (χ1n) is 10.5.